The molecule has 0 bridgehead atoms. The molecule has 0 spiro atoms. The predicted octanol–water partition coefficient (Wildman–Crippen LogP) is 2.52. The fraction of sp³-hybridized carbons (Fsp3) is 0.462. The van der Waals surface area contributed by atoms with Crippen molar-refractivity contribution in [3.05, 3.63) is 34.9 Å². The first-order valence-corrected chi connectivity index (χ1v) is 6.08. The summed E-state index contributed by atoms with van der Waals surface area (Å²) in [4.78, 5) is 11.9. The zero-order valence-electron chi connectivity index (χ0n) is 11.1. The minimum Gasteiger partial charge on any atom is -0.394 e. The van der Waals surface area contributed by atoms with Crippen LogP contribution in [0.15, 0.2) is 6.07 Å². The maximum absolute atomic E-state index is 13.5. The molecule has 0 saturated carbocycles. The largest absolute Gasteiger partial charge is 0.394 e. The Morgan fingerprint density at radius 2 is 1.70 bits per heavy atom. The molecule has 1 aromatic rings. The van der Waals surface area contributed by atoms with E-state index >= 15 is 0 Å². The molecular formula is C13H15F4NO2. The highest BCUT2D eigenvalue weighted by Gasteiger charge is 2.30. The van der Waals surface area contributed by atoms with Gasteiger partial charge in [-0.3, -0.25) is 4.79 Å². The van der Waals surface area contributed by atoms with E-state index in [2.05, 4.69) is 5.32 Å². The van der Waals surface area contributed by atoms with Gasteiger partial charge in [-0.05, 0) is 18.9 Å². The summed E-state index contributed by atoms with van der Waals surface area (Å²) in [6.07, 6.45) is 0.666. The van der Waals surface area contributed by atoms with E-state index in [0.717, 1.165) is 0 Å². The van der Waals surface area contributed by atoms with Crippen molar-refractivity contribution >= 4 is 5.91 Å². The normalized spacial score (nSPS) is 11.6. The first-order chi connectivity index (χ1) is 9.31. The second-order valence-electron chi connectivity index (χ2n) is 4.45. The Morgan fingerprint density at radius 1 is 1.15 bits per heavy atom. The lowest BCUT2D eigenvalue weighted by Crippen LogP contribution is -2.50. The molecule has 0 unspecified atom stereocenters. The Kier molecular flexibility index (Phi) is 5.10. The summed E-state index contributed by atoms with van der Waals surface area (Å²) in [5.74, 6) is -8.55. The van der Waals surface area contributed by atoms with Crippen LogP contribution in [0.25, 0.3) is 0 Å². The lowest BCUT2D eigenvalue weighted by molar-refractivity contribution is 0.0812. The number of hydrogen-bond acceptors (Lipinski definition) is 2. The third-order valence-electron chi connectivity index (χ3n) is 3.38. The molecule has 0 aliphatic heterocycles. The van der Waals surface area contributed by atoms with Crippen molar-refractivity contribution < 1.29 is 27.5 Å². The van der Waals surface area contributed by atoms with Crippen molar-refractivity contribution in [2.24, 2.45) is 0 Å². The van der Waals surface area contributed by atoms with Crippen LogP contribution in [0.3, 0.4) is 0 Å². The number of hydrogen-bond donors (Lipinski definition) is 2. The first-order valence-electron chi connectivity index (χ1n) is 6.08. The SMILES string of the molecule is CCC(CC)(CO)NC(=O)c1cc(F)c(F)c(F)c1F. The third kappa shape index (κ3) is 2.92. The van der Waals surface area contributed by atoms with Crippen molar-refractivity contribution in [1.82, 2.24) is 5.32 Å². The number of nitrogens with one attached hydrogen (secondary N) is 1. The summed E-state index contributed by atoms with van der Waals surface area (Å²) >= 11 is 0. The van der Waals surface area contributed by atoms with E-state index in [0.29, 0.717) is 12.8 Å². The third-order valence-corrected chi connectivity index (χ3v) is 3.38. The molecule has 0 aromatic heterocycles. The highest BCUT2D eigenvalue weighted by molar-refractivity contribution is 5.95. The molecular weight excluding hydrogens is 278 g/mol. The molecule has 0 radical (unpaired) electrons. The van der Waals surface area contributed by atoms with Crippen LogP contribution >= 0.6 is 0 Å². The predicted molar refractivity (Wildman–Crippen MR) is 64.1 cm³/mol. The molecule has 0 aliphatic rings. The molecule has 0 fully saturated rings. The maximum Gasteiger partial charge on any atom is 0.254 e. The molecule has 1 rings (SSSR count). The van der Waals surface area contributed by atoms with E-state index in [1.807, 2.05) is 0 Å². The molecule has 3 nitrogen and oxygen atoms in total. The summed E-state index contributed by atoms with van der Waals surface area (Å²) < 4.78 is 52.4. The molecule has 0 aliphatic carbocycles. The molecule has 0 saturated heterocycles. The van der Waals surface area contributed by atoms with Crippen LogP contribution in [-0.4, -0.2) is 23.2 Å². The first kappa shape index (κ1) is 16.4. The van der Waals surface area contributed by atoms with E-state index in [1.165, 1.54) is 0 Å². The number of aliphatic hydroxyl groups excluding tert-OH is 1. The minimum atomic E-state index is -2.04. The summed E-state index contributed by atoms with van der Waals surface area (Å²) in [5.41, 5.74) is -1.97. The smallest absolute Gasteiger partial charge is 0.254 e. The maximum atomic E-state index is 13.5. The Hall–Kier alpha value is -1.63. The zero-order valence-corrected chi connectivity index (χ0v) is 11.1. The molecule has 1 aromatic carbocycles. The second kappa shape index (κ2) is 6.21. The number of rotatable bonds is 5. The van der Waals surface area contributed by atoms with Gasteiger partial charge in [0, 0.05) is 0 Å². The number of amides is 1. The fourth-order valence-electron chi connectivity index (χ4n) is 1.74. The van der Waals surface area contributed by atoms with Crippen LogP contribution in [0.4, 0.5) is 17.6 Å². The number of carbonyl (C=O) groups excluding carboxylic acids is 1. The van der Waals surface area contributed by atoms with Gasteiger partial charge in [-0.2, -0.15) is 0 Å². The Labute approximate surface area is 113 Å². The number of halogens is 4. The minimum absolute atomic E-state index is 0.288. The molecule has 7 heteroatoms. The molecule has 0 heterocycles. The van der Waals surface area contributed by atoms with Gasteiger partial charge in [0.1, 0.15) is 0 Å². The molecule has 2 N–H and O–H groups in total. The molecule has 112 valence electrons. The van der Waals surface area contributed by atoms with Gasteiger partial charge in [0.15, 0.2) is 23.3 Å². The van der Waals surface area contributed by atoms with Crippen molar-refractivity contribution in [3.8, 4) is 0 Å². The quantitative estimate of drug-likeness (QED) is 0.498. The average Bonchev–Trinajstić information content (AvgIpc) is 2.46. The Bertz CT molecular complexity index is 507. The van der Waals surface area contributed by atoms with Crippen LogP contribution in [-0.2, 0) is 0 Å². The topological polar surface area (TPSA) is 49.3 Å². The summed E-state index contributed by atoms with van der Waals surface area (Å²) in [6.45, 7) is 2.95. The molecule has 1 amide bonds. The number of carbonyl (C=O) groups is 1. The zero-order chi connectivity index (χ0) is 15.5. The number of benzene rings is 1. The summed E-state index contributed by atoms with van der Waals surface area (Å²) in [7, 11) is 0. The lowest BCUT2D eigenvalue weighted by Gasteiger charge is -2.30. The van der Waals surface area contributed by atoms with Gasteiger partial charge >= 0.3 is 0 Å². The van der Waals surface area contributed by atoms with Crippen molar-refractivity contribution in [3.63, 3.8) is 0 Å². The monoisotopic (exact) mass is 293 g/mol. The highest BCUT2D eigenvalue weighted by atomic mass is 19.2. The van der Waals surface area contributed by atoms with Gasteiger partial charge in [0.05, 0.1) is 17.7 Å². The fourth-order valence-corrected chi connectivity index (χ4v) is 1.74. The average molecular weight is 293 g/mol. The van der Waals surface area contributed by atoms with E-state index < -0.39 is 46.9 Å². The highest BCUT2D eigenvalue weighted by Crippen LogP contribution is 2.21. The van der Waals surface area contributed by atoms with Gasteiger partial charge in [-0.1, -0.05) is 13.8 Å². The van der Waals surface area contributed by atoms with Crippen LogP contribution in [0, 0.1) is 23.3 Å². The van der Waals surface area contributed by atoms with Gasteiger partial charge in [-0.25, -0.2) is 17.6 Å². The van der Waals surface area contributed by atoms with Crippen molar-refractivity contribution in [1.29, 1.82) is 0 Å². The summed E-state index contributed by atoms with van der Waals surface area (Å²) in [5, 5.41) is 11.6. The number of aliphatic hydroxyl groups is 1. The standard InChI is InChI=1S/C13H15F4NO2/c1-3-13(4-2,6-19)18-12(20)7-5-8(14)10(16)11(17)9(7)15/h5,19H,3-4,6H2,1-2H3,(H,18,20). The Balaban J connectivity index is 3.17. The van der Waals surface area contributed by atoms with Crippen LogP contribution in [0.1, 0.15) is 37.0 Å². The second-order valence-corrected chi connectivity index (χ2v) is 4.45. The van der Waals surface area contributed by atoms with Gasteiger partial charge in [-0.15, -0.1) is 0 Å². The summed E-state index contributed by atoms with van der Waals surface area (Å²) in [6, 6.07) is 0.288. The Morgan fingerprint density at radius 3 is 2.15 bits per heavy atom. The van der Waals surface area contributed by atoms with Crippen LogP contribution in [0.2, 0.25) is 0 Å². The van der Waals surface area contributed by atoms with Gasteiger partial charge in [0.2, 0.25) is 0 Å². The van der Waals surface area contributed by atoms with E-state index in [1.54, 1.807) is 13.8 Å². The van der Waals surface area contributed by atoms with Gasteiger partial charge in [0.25, 0.3) is 5.91 Å². The van der Waals surface area contributed by atoms with E-state index in [-0.39, 0.29) is 6.07 Å². The molecule has 20 heavy (non-hydrogen) atoms. The van der Waals surface area contributed by atoms with Crippen LogP contribution in [0.5, 0.6) is 0 Å². The van der Waals surface area contributed by atoms with E-state index in [9.17, 15) is 27.5 Å². The van der Waals surface area contributed by atoms with Crippen molar-refractivity contribution in [2.75, 3.05) is 6.61 Å². The lowest BCUT2D eigenvalue weighted by atomic mass is 9.93. The van der Waals surface area contributed by atoms with Gasteiger partial charge < -0.3 is 10.4 Å². The molecule has 0 atom stereocenters. The van der Waals surface area contributed by atoms with Crippen LogP contribution < -0.4 is 5.32 Å². The van der Waals surface area contributed by atoms with E-state index in [4.69, 9.17) is 0 Å². The van der Waals surface area contributed by atoms with Crippen molar-refractivity contribution in [2.45, 2.75) is 32.2 Å².